The molecule has 0 radical (unpaired) electrons. The number of piperidine rings is 1. The SMILES string of the molecule is CCNC(=NCCCN1CCN(c2ncccn2)CC1)N1CCCC(CC(N)=O)C1. The summed E-state index contributed by atoms with van der Waals surface area (Å²) in [5, 5.41) is 3.41. The number of primary amides is 1. The largest absolute Gasteiger partial charge is 0.370 e. The first-order chi connectivity index (χ1) is 14.7. The van der Waals surface area contributed by atoms with Gasteiger partial charge in [0.05, 0.1) is 0 Å². The van der Waals surface area contributed by atoms with Crippen molar-refractivity contribution in [2.45, 2.75) is 32.6 Å². The van der Waals surface area contributed by atoms with Crippen molar-refractivity contribution in [1.82, 2.24) is 25.1 Å². The number of aliphatic imine (C=N–C) groups is 1. The fourth-order valence-corrected chi connectivity index (χ4v) is 4.24. The molecule has 3 heterocycles. The zero-order chi connectivity index (χ0) is 21.2. The molecule has 3 N–H and O–H groups in total. The maximum Gasteiger partial charge on any atom is 0.225 e. The molecule has 1 aromatic heterocycles. The Bertz CT molecular complexity index is 675. The highest BCUT2D eigenvalue weighted by Gasteiger charge is 2.23. The number of guanidine groups is 1. The Kier molecular flexibility index (Phi) is 8.67. The zero-order valence-corrected chi connectivity index (χ0v) is 18.2. The minimum absolute atomic E-state index is 0.206. The van der Waals surface area contributed by atoms with Gasteiger partial charge in [-0.2, -0.15) is 0 Å². The first-order valence-corrected chi connectivity index (χ1v) is 11.2. The normalized spacial score (nSPS) is 21.0. The van der Waals surface area contributed by atoms with Crippen LogP contribution in [0.2, 0.25) is 0 Å². The average molecular weight is 417 g/mol. The fraction of sp³-hybridized carbons (Fsp3) is 0.714. The Balaban J connectivity index is 1.41. The van der Waals surface area contributed by atoms with Gasteiger partial charge in [-0.05, 0) is 38.2 Å². The maximum absolute atomic E-state index is 11.3. The number of rotatable bonds is 8. The van der Waals surface area contributed by atoms with Gasteiger partial charge in [0.25, 0.3) is 0 Å². The van der Waals surface area contributed by atoms with E-state index in [4.69, 9.17) is 10.7 Å². The number of carbonyl (C=O) groups excluding carboxylic acids is 1. The van der Waals surface area contributed by atoms with Crippen LogP contribution in [0.3, 0.4) is 0 Å². The van der Waals surface area contributed by atoms with Crippen molar-refractivity contribution in [3.63, 3.8) is 0 Å². The Morgan fingerprint density at radius 1 is 1.23 bits per heavy atom. The van der Waals surface area contributed by atoms with Crippen LogP contribution in [0, 0.1) is 5.92 Å². The lowest BCUT2D eigenvalue weighted by molar-refractivity contribution is -0.119. The number of likely N-dealkylation sites (tertiary alicyclic amines) is 1. The van der Waals surface area contributed by atoms with Crippen molar-refractivity contribution >= 4 is 17.8 Å². The lowest BCUT2D eigenvalue weighted by Crippen LogP contribution is -2.48. The Hall–Kier alpha value is -2.42. The summed E-state index contributed by atoms with van der Waals surface area (Å²) in [5.41, 5.74) is 5.40. The van der Waals surface area contributed by atoms with E-state index in [2.05, 4.69) is 36.9 Å². The van der Waals surface area contributed by atoms with E-state index in [1.807, 2.05) is 6.07 Å². The number of anilines is 1. The Morgan fingerprint density at radius 2 is 2.00 bits per heavy atom. The average Bonchev–Trinajstić information content (AvgIpc) is 2.77. The van der Waals surface area contributed by atoms with Gasteiger partial charge in [-0.1, -0.05) is 0 Å². The topological polar surface area (TPSA) is 103 Å². The molecule has 166 valence electrons. The third kappa shape index (κ3) is 6.83. The molecule has 2 fully saturated rings. The number of aromatic nitrogens is 2. The van der Waals surface area contributed by atoms with Crippen LogP contribution in [-0.4, -0.2) is 90.5 Å². The van der Waals surface area contributed by atoms with Gasteiger partial charge >= 0.3 is 0 Å². The number of nitrogens with two attached hydrogens (primary N) is 1. The first-order valence-electron chi connectivity index (χ1n) is 11.2. The van der Waals surface area contributed by atoms with Crippen molar-refractivity contribution in [1.29, 1.82) is 0 Å². The molecule has 0 aromatic carbocycles. The van der Waals surface area contributed by atoms with Crippen LogP contribution in [0.1, 0.15) is 32.6 Å². The monoisotopic (exact) mass is 416 g/mol. The van der Waals surface area contributed by atoms with E-state index in [9.17, 15) is 4.79 Å². The first kappa shape index (κ1) is 22.3. The van der Waals surface area contributed by atoms with Crippen LogP contribution in [0.25, 0.3) is 0 Å². The van der Waals surface area contributed by atoms with Gasteiger partial charge in [-0.15, -0.1) is 0 Å². The van der Waals surface area contributed by atoms with Gasteiger partial charge in [0, 0.05) is 77.7 Å². The molecular formula is C21H36N8O. The van der Waals surface area contributed by atoms with Gasteiger partial charge < -0.3 is 20.9 Å². The molecule has 2 aliphatic rings. The van der Waals surface area contributed by atoms with E-state index in [1.165, 1.54) is 0 Å². The molecule has 2 saturated heterocycles. The van der Waals surface area contributed by atoms with Gasteiger partial charge in [-0.3, -0.25) is 14.7 Å². The van der Waals surface area contributed by atoms with E-state index >= 15 is 0 Å². The molecule has 9 heteroatoms. The number of nitrogens with zero attached hydrogens (tertiary/aromatic N) is 6. The number of nitrogens with one attached hydrogen (secondary N) is 1. The van der Waals surface area contributed by atoms with Crippen molar-refractivity contribution in [3.8, 4) is 0 Å². The summed E-state index contributed by atoms with van der Waals surface area (Å²) in [7, 11) is 0. The molecule has 1 amide bonds. The van der Waals surface area contributed by atoms with Crippen LogP contribution in [0.5, 0.6) is 0 Å². The van der Waals surface area contributed by atoms with Gasteiger partial charge in [0.15, 0.2) is 5.96 Å². The summed E-state index contributed by atoms with van der Waals surface area (Å²) >= 11 is 0. The highest BCUT2D eigenvalue weighted by atomic mass is 16.1. The highest BCUT2D eigenvalue weighted by molar-refractivity contribution is 5.80. The number of amides is 1. The highest BCUT2D eigenvalue weighted by Crippen LogP contribution is 2.19. The summed E-state index contributed by atoms with van der Waals surface area (Å²) in [4.78, 5) is 31.9. The second kappa shape index (κ2) is 11.7. The van der Waals surface area contributed by atoms with Crippen molar-refractivity contribution in [3.05, 3.63) is 18.5 Å². The van der Waals surface area contributed by atoms with E-state index in [-0.39, 0.29) is 5.91 Å². The van der Waals surface area contributed by atoms with Crippen LogP contribution >= 0.6 is 0 Å². The van der Waals surface area contributed by atoms with Crippen LogP contribution in [0.4, 0.5) is 5.95 Å². The predicted molar refractivity (Wildman–Crippen MR) is 119 cm³/mol. The zero-order valence-electron chi connectivity index (χ0n) is 18.2. The van der Waals surface area contributed by atoms with E-state index < -0.39 is 0 Å². The van der Waals surface area contributed by atoms with Gasteiger partial charge in [-0.25, -0.2) is 9.97 Å². The van der Waals surface area contributed by atoms with Crippen molar-refractivity contribution in [2.75, 3.05) is 63.8 Å². The molecular weight excluding hydrogens is 380 g/mol. The number of carbonyl (C=O) groups is 1. The molecule has 0 spiro atoms. The summed E-state index contributed by atoms with van der Waals surface area (Å²) in [6.07, 6.45) is 7.25. The molecule has 1 unspecified atom stereocenters. The lowest BCUT2D eigenvalue weighted by Gasteiger charge is -2.35. The summed E-state index contributed by atoms with van der Waals surface area (Å²) in [5.74, 6) is 1.93. The molecule has 0 aliphatic carbocycles. The number of piperazine rings is 1. The molecule has 1 atom stereocenters. The molecule has 30 heavy (non-hydrogen) atoms. The summed E-state index contributed by atoms with van der Waals surface area (Å²) < 4.78 is 0. The van der Waals surface area contributed by atoms with E-state index in [0.29, 0.717) is 12.3 Å². The fourth-order valence-electron chi connectivity index (χ4n) is 4.24. The summed E-state index contributed by atoms with van der Waals surface area (Å²) in [6, 6.07) is 1.85. The van der Waals surface area contributed by atoms with Gasteiger partial charge in [0.2, 0.25) is 11.9 Å². The van der Waals surface area contributed by atoms with Crippen LogP contribution in [0.15, 0.2) is 23.5 Å². The minimum Gasteiger partial charge on any atom is -0.370 e. The second-order valence-corrected chi connectivity index (χ2v) is 8.09. The third-order valence-electron chi connectivity index (χ3n) is 5.74. The standard InChI is InChI=1S/C21H36N8O/c1-2-23-20(29-11-3-6-18(17-29)16-19(22)30)26-9-5-10-27-12-14-28(15-13-27)21-24-7-4-8-25-21/h4,7-8,18H,2-3,5-6,9-17H2,1H3,(H2,22,30)(H,23,26). The number of hydrogen-bond donors (Lipinski definition) is 2. The number of hydrogen-bond acceptors (Lipinski definition) is 6. The van der Waals surface area contributed by atoms with Crippen molar-refractivity contribution < 1.29 is 4.79 Å². The molecule has 0 saturated carbocycles. The maximum atomic E-state index is 11.3. The Labute approximate surface area is 179 Å². The quantitative estimate of drug-likeness (QED) is 0.362. The van der Waals surface area contributed by atoms with Crippen molar-refractivity contribution in [2.24, 2.45) is 16.6 Å². The second-order valence-electron chi connectivity index (χ2n) is 8.09. The predicted octanol–water partition coefficient (Wildman–Crippen LogP) is 0.542. The van der Waals surface area contributed by atoms with Gasteiger partial charge in [0.1, 0.15) is 0 Å². The molecule has 9 nitrogen and oxygen atoms in total. The smallest absolute Gasteiger partial charge is 0.225 e. The molecule has 2 aliphatic heterocycles. The Morgan fingerprint density at radius 3 is 2.70 bits per heavy atom. The third-order valence-corrected chi connectivity index (χ3v) is 5.74. The molecule has 0 bridgehead atoms. The van der Waals surface area contributed by atoms with Crippen LogP contribution < -0.4 is 16.0 Å². The molecule has 1 aromatic rings. The summed E-state index contributed by atoms with van der Waals surface area (Å²) in [6.45, 7) is 10.6. The molecule has 3 rings (SSSR count). The minimum atomic E-state index is -0.206. The lowest BCUT2D eigenvalue weighted by atomic mass is 9.95. The van der Waals surface area contributed by atoms with Crippen LogP contribution in [-0.2, 0) is 4.79 Å². The van der Waals surface area contributed by atoms with E-state index in [0.717, 1.165) is 90.1 Å². The van der Waals surface area contributed by atoms with E-state index in [1.54, 1.807) is 12.4 Å².